The van der Waals surface area contributed by atoms with Crippen LogP contribution in [-0.4, -0.2) is 55.1 Å². The van der Waals surface area contributed by atoms with Crippen molar-refractivity contribution in [3.8, 4) is 0 Å². The zero-order chi connectivity index (χ0) is 19.0. The average Bonchev–Trinajstić information content (AvgIpc) is 3.08. The Bertz CT molecular complexity index is 911. The third-order valence-electron chi connectivity index (χ3n) is 3.74. The van der Waals surface area contributed by atoms with E-state index in [-0.39, 0.29) is 23.7 Å². The molecule has 140 valence electrons. The molecule has 2 aromatic rings. The van der Waals surface area contributed by atoms with Crippen LogP contribution in [0.1, 0.15) is 20.1 Å². The van der Waals surface area contributed by atoms with Crippen molar-refractivity contribution >= 4 is 45.0 Å². The predicted molar refractivity (Wildman–Crippen MR) is 91.4 cm³/mol. The van der Waals surface area contributed by atoms with Gasteiger partial charge in [-0.3, -0.25) is 23.9 Å². The van der Waals surface area contributed by atoms with Gasteiger partial charge in [0.1, 0.15) is 12.7 Å². The number of nitrogens with two attached hydrogens (primary N) is 1. The monoisotopic (exact) mass is 429 g/mol. The van der Waals surface area contributed by atoms with Gasteiger partial charge in [-0.1, -0.05) is 15.9 Å². The fraction of sp³-hybridized carbons (Fsp3) is 0.500. The van der Waals surface area contributed by atoms with Crippen LogP contribution in [0.4, 0.5) is 5.95 Å². The minimum Gasteiger partial charge on any atom is -0.463 e. The molecule has 3 heterocycles. The molecule has 0 spiro atoms. The molecule has 11 nitrogen and oxygen atoms in total. The molecule has 1 aliphatic heterocycles. The van der Waals surface area contributed by atoms with Crippen LogP contribution < -0.4 is 11.3 Å². The summed E-state index contributed by atoms with van der Waals surface area (Å²) in [4.78, 5) is 44.5. The van der Waals surface area contributed by atoms with Gasteiger partial charge >= 0.3 is 11.9 Å². The number of rotatable bonds is 4. The van der Waals surface area contributed by atoms with Crippen molar-refractivity contribution in [3.63, 3.8) is 0 Å². The normalized spacial score (nSPS) is 25.3. The number of carbonyl (C=O) groups is 2. The predicted octanol–water partition coefficient (Wildman–Crippen LogP) is -0.142. The van der Waals surface area contributed by atoms with Crippen LogP contribution >= 0.6 is 15.9 Å². The summed E-state index contributed by atoms with van der Waals surface area (Å²) in [7, 11) is 0. The van der Waals surface area contributed by atoms with Gasteiger partial charge in [-0.2, -0.15) is 4.98 Å². The third-order valence-corrected chi connectivity index (χ3v) is 4.85. The number of hydrogen-bond donors (Lipinski definition) is 2. The molecule has 2 aromatic heterocycles. The molecule has 1 aliphatic rings. The second-order valence-electron chi connectivity index (χ2n) is 5.66. The van der Waals surface area contributed by atoms with E-state index in [0.29, 0.717) is 0 Å². The van der Waals surface area contributed by atoms with Crippen molar-refractivity contribution in [3.05, 3.63) is 16.7 Å². The van der Waals surface area contributed by atoms with Gasteiger partial charge in [0.25, 0.3) is 5.56 Å². The number of hydrogen-bond acceptors (Lipinski definition) is 9. The smallest absolute Gasteiger partial charge is 0.303 e. The highest BCUT2D eigenvalue weighted by molar-refractivity contribution is 9.09. The molecule has 1 fully saturated rings. The number of fused-ring (bicyclic) bond motifs is 1. The van der Waals surface area contributed by atoms with Crippen molar-refractivity contribution in [2.45, 2.75) is 37.1 Å². The van der Waals surface area contributed by atoms with Gasteiger partial charge in [-0.25, -0.2) is 4.98 Å². The Kier molecular flexibility index (Phi) is 4.96. The number of aromatic nitrogens is 4. The summed E-state index contributed by atoms with van der Waals surface area (Å²) in [5.74, 6) is -1.07. The van der Waals surface area contributed by atoms with E-state index >= 15 is 0 Å². The van der Waals surface area contributed by atoms with E-state index in [1.165, 1.54) is 24.7 Å². The molecule has 0 radical (unpaired) electrons. The fourth-order valence-electron chi connectivity index (χ4n) is 2.70. The minimum atomic E-state index is -0.845. The van der Waals surface area contributed by atoms with Crippen molar-refractivity contribution in [1.29, 1.82) is 0 Å². The van der Waals surface area contributed by atoms with Crippen LogP contribution in [0.15, 0.2) is 11.1 Å². The number of ether oxygens (including phenoxy) is 3. The maximum atomic E-state index is 11.9. The lowest BCUT2D eigenvalue weighted by Crippen LogP contribution is -2.33. The van der Waals surface area contributed by atoms with Crippen LogP contribution in [0, 0.1) is 0 Å². The number of H-pyrrole nitrogens is 1. The van der Waals surface area contributed by atoms with E-state index < -0.39 is 40.8 Å². The van der Waals surface area contributed by atoms with Crippen LogP contribution in [0.2, 0.25) is 0 Å². The highest BCUT2D eigenvalue weighted by Crippen LogP contribution is 2.37. The van der Waals surface area contributed by atoms with E-state index in [0.717, 1.165) is 0 Å². The van der Waals surface area contributed by atoms with E-state index in [4.69, 9.17) is 19.9 Å². The molecule has 0 amide bonds. The number of alkyl halides is 1. The fourth-order valence-corrected chi connectivity index (χ4v) is 3.35. The first-order chi connectivity index (χ1) is 12.3. The number of imidazole rings is 1. The number of nitrogens with one attached hydrogen (secondary N) is 1. The van der Waals surface area contributed by atoms with Crippen molar-refractivity contribution in [1.82, 2.24) is 19.5 Å². The average molecular weight is 430 g/mol. The zero-order valence-electron chi connectivity index (χ0n) is 13.8. The molecule has 0 aliphatic carbocycles. The lowest BCUT2D eigenvalue weighted by atomic mass is 10.2. The van der Waals surface area contributed by atoms with Crippen molar-refractivity contribution in [2.24, 2.45) is 0 Å². The summed E-state index contributed by atoms with van der Waals surface area (Å²) >= 11 is 3.43. The summed E-state index contributed by atoms with van der Waals surface area (Å²) in [6.07, 6.45) is -0.859. The lowest BCUT2D eigenvalue weighted by Gasteiger charge is -2.21. The molecule has 4 atom stereocenters. The van der Waals surface area contributed by atoms with Crippen LogP contribution in [-0.2, 0) is 23.8 Å². The second kappa shape index (κ2) is 7.03. The van der Waals surface area contributed by atoms with Gasteiger partial charge in [-0.15, -0.1) is 0 Å². The number of aromatic amines is 1. The van der Waals surface area contributed by atoms with E-state index in [2.05, 4.69) is 30.9 Å². The lowest BCUT2D eigenvalue weighted by molar-refractivity contribution is -0.152. The molecule has 0 aromatic carbocycles. The highest BCUT2D eigenvalue weighted by Gasteiger charge is 2.47. The zero-order valence-corrected chi connectivity index (χ0v) is 15.4. The summed E-state index contributed by atoms with van der Waals surface area (Å²) in [6.45, 7) is 2.51. The number of anilines is 1. The van der Waals surface area contributed by atoms with Crippen molar-refractivity contribution in [2.75, 3.05) is 12.3 Å². The van der Waals surface area contributed by atoms with Gasteiger partial charge in [0.15, 0.2) is 23.5 Å². The van der Waals surface area contributed by atoms with Gasteiger partial charge in [-0.05, 0) is 0 Å². The van der Waals surface area contributed by atoms with Gasteiger partial charge in [0.05, 0.1) is 11.2 Å². The van der Waals surface area contributed by atoms with Gasteiger partial charge in [0.2, 0.25) is 5.95 Å². The topological polar surface area (TPSA) is 151 Å². The summed E-state index contributed by atoms with van der Waals surface area (Å²) in [5.41, 5.74) is 5.35. The molecule has 3 rings (SSSR count). The highest BCUT2D eigenvalue weighted by atomic mass is 79.9. The quantitative estimate of drug-likeness (QED) is 0.499. The maximum Gasteiger partial charge on any atom is 0.303 e. The molecular weight excluding hydrogens is 414 g/mol. The van der Waals surface area contributed by atoms with Crippen LogP contribution in [0.3, 0.4) is 0 Å². The molecule has 12 heteroatoms. The number of nitrogen functional groups attached to an aromatic ring is 1. The Labute approximate surface area is 155 Å². The van der Waals surface area contributed by atoms with Crippen LogP contribution in [0.25, 0.3) is 11.2 Å². The molecule has 26 heavy (non-hydrogen) atoms. The first-order valence-corrected chi connectivity index (χ1v) is 8.52. The summed E-state index contributed by atoms with van der Waals surface area (Å²) in [6, 6.07) is 0. The molecular formula is C14H16BrN5O6. The Morgan fingerprint density at radius 1 is 1.42 bits per heavy atom. The van der Waals surface area contributed by atoms with E-state index in [1.807, 2.05) is 0 Å². The Balaban J connectivity index is 1.99. The molecule has 3 N–H and O–H groups in total. The maximum absolute atomic E-state index is 11.9. The largest absolute Gasteiger partial charge is 0.463 e. The van der Waals surface area contributed by atoms with Crippen molar-refractivity contribution < 1.29 is 23.8 Å². The van der Waals surface area contributed by atoms with Gasteiger partial charge < -0.3 is 19.9 Å². The summed E-state index contributed by atoms with van der Waals surface area (Å²) in [5, 5.41) is 0. The SMILES string of the molecule is CC(=O)OC[C@H]1O[C@@H](n2cnc3c(=O)[nH]c(N)nc32)[C@H](OC(C)=O)[C@H]1Br. The third kappa shape index (κ3) is 3.42. The number of carbonyl (C=O) groups excluding carboxylic acids is 2. The molecule has 1 saturated heterocycles. The molecule has 0 saturated carbocycles. The molecule has 0 unspecified atom stereocenters. The number of halogens is 1. The first kappa shape index (κ1) is 18.3. The van der Waals surface area contributed by atoms with Gasteiger partial charge in [0, 0.05) is 13.8 Å². The molecule has 0 bridgehead atoms. The summed E-state index contributed by atoms with van der Waals surface area (Å²) < 4.78 is 17.7. The number of esters is 2. The Hall–Kier alpha value is -2.47. The minimum absolute atomic E-state index is 0.0394. The Morgan fingerprint density at radius 3 is 2.81 bits per heavy atom. The van der Waals surface area contributed by atoms with Crippen LogP contribution in [0.5, 0.6) is 0 Å². The van der Waals surface area contributed by atoms with E-state index in [1.54, 1.807) is 0 Å². The second-order valence-corrected chi connectivity index (χ2v) is 6.72. The number of nitrogens with zero attached hydrogens (tertiary/aromatic N) is 3. The van der Waals surface area contributed by atoms with E-state index in [9.17, 15) is 14.4 Å². The standard InChI is InChI=1S/C14H16BrN5O6/c1-5(21)24-3-7-8(15)10(25-6(2)22)13(26-7)20-4-17-9-11(20)18-14(16)19-12(9)23/h4,7-8,10,13H,3H2,1-2H3,(H3,16,18,19,23)/t7-,8+,10-,13-/m1/s1. The Morgan fingerprint density at radius 2 is 2.15 bits per heavy atom. The first-order valence-electron chi connectivity index (χ1n) is 7.60.